The Bertz CT molecular complexity index is 449. The first-order chi connectivity index (χ1) is 11.5. The highest BCUT2D eigenvalue weighted by atomic mass is 127. The van der Waals surface area contributed by atoms with E-state index >= 15 is 0 Å². The number of nitrogens with one attached hydrogen (secondary N) is 2. The molecule has 0 bridgehead atoms. The highest BCUT2D eigenvalue weighted by molar-refractivity contribution is 14.0. The molecule has 1 unspecified atom stereocenters. The Hall–Kier alpha value is -0.570. The monoisotopic (exact) mass is 465 g/mol. The van der Waals surface area contributed by atoms with Crippen LogP contribution in [0.5, 0.6) is 0 Å². The van der Waals surface area contributed by atoms with Crippen molar-refractivity contribution in [3.8, 4) is 0 Å². The molecule has 6 nitrogen and oxygen atoms in total. The van der Waals surface area contributed by atoms with Gasteiger partial charge in [0.15, 0.2) is 5.96 Å². The SMILES string of the molecule is CCC(=O)N1CCC(NC(=NC)NCC(C)(C)N2CCCCC2)C1.I. The maximum atomic E-state index is 11.8. The molecule has 1 amide bonds. The number of piperidine rings is 1. The first kappa shape index (κ1) is 22.5. The number of hydrogen-bond donors (Lipinski definition) is 2. The standard InChI is InChI=1S/C18H35N5O.HI/c1-5-16(24)22-12-9-15(13-22)21-17(19-4)20-14-18(2,3)23-10-7-6-8-11-23;/h15H,5-14H2,1-4H3,(H2,19,20,21);1H. The fraction of sp³-hybridized carbons (Fsp3) is 0.889. The normalized spacial score (nSPS) is 22.5. The molecular formula is C18H36IN5O. The molecule has 0 radical (unpaired) electrons. The number of carbonyl (C=O) groups is 1. The molecule has 0 aromatic heterocycles. The van der Waals surface area contributed by atoms with E-state index in [0.29, 0.717) is 12.5 Å². The Morgan fingerprint density at radius 1 is 1.20 bits per heavy atom. The number of likely N-dealkylation sites (tertiary alicyclic amines) is 2. The highest BCUT2D eigenvalue weighted by Crippen LogP contribution is 2.19. The molecule has 2 fully saturated rings. The Morgan fingerprint density at radius 3 is 2.48 bits per heavy atom. The van der Waals surface area contributed by atoms with E-state index in [1.54, 1.807) is 0 Å². The van der Waals surface area contributed by atoms with Crippen LogP contribution in [0.3, 0.4) is 0 Å². The first-order valence-corrected chi connectivity index (χ1v) is 9.46. The van der Waals surface area contributed by atoms with Crippen molar-refractivity contribution in [1.82, 2.24) is 20.4 Å². The molecule has 0 aromatic rings. The lowest BCUT2D eigenvalue weighted by molar-refractivity contribution is -0.129. The molecule has 2 rings (SSSR count). The lowest BCUT2D eigenvalue weighted by Crippen LogP contribution is -2.55. The van der Waals surface area contributed by atoms with Gasteiger partial charge in [-0.1, -0.05) is 13.3 Å². The van der Waals surface area contributed by atoms with Gasteiger partial charge in [-0.05, 0) is 46.2 Å². The molecular weight excluding hydrogens is 429 g/mol. The number of carbonyl (C=O) groups excluding carboxylic acids is 1. The second kappa shape index (κ2) is 10.5. The van der Waals surface area contributed by atoms with Crippen molar-refractivity contribution >= 4 is 35.8 Å². The smallest absolute Gasteiger partial charge is 0.222 e. The van der Waals surface area contributed by atoms with E-state index in [4.69, 9.17) is 0 Å². The third-order valence-electron chi connectivity index (χ3n) is 5.31. The van der Waals surface area contributed by atoms with E-state index in [-0.39, 0.29) is 35.4 Å². The number of guanidine groups is 1. The summed E-state index contributed by atoms with van der Waals surface area (Å²) in [5, 5.41) is 6.96. The summed E-state index contributed by atoms with van der Waals surface area (Å²) in [7, 11) is 1.81. The summed E-state index contributed by atoms with van der Waals surface area (Å²) in [5.41, 5.74) is 0.123. The van der Waals surface area contributed by atoms with Gasteiger partial charge in [-0.15, -0.1) is 24.0 Å². The average Bonchev–Trinajstić information content (AvgIpc) is 3.07. The minimum absolute atomic E-state index is 0. The third kappa shape index (κ3) is 6.58. The average molecular weight is 465 g/mol. The summed E-state index contributed by atoms with van der Waals surface area (Å²) in [4.78, 5) is 20.7. The van der Waals surface area contributed by atoms with Crippen molar-refractivity contribution in [2.24, 2.45) is 4.99 Å². The number of aliphatic imine (C=N–C) groups is 1. The number of hydrogen-bond acceptors (Lipinski definition) is 3. The van der Waals surface area contributed by atoms with Crippen LogP contribution >= 0.6 is 24.0 Å². The van der Waals surface area contributed by atoms with Gasteiger partial charge in [0.2, 0.25) is 5.91 Å². The molecule has 2 N–H and O–H groups in total. The summed E-state index contributed by atoms with van der Waals surface area (Å²) in [6, 6.07) is 0.296. The Kier molecular flexibility index (Phi) is 9.48. The fourth-order valence-corrected chi connectivity index (χ4v) is 3.63. The number of nitrogens with zero attached hydrogens (tertiary/aromatic N) is 3. The fourth-order valence-electron chi connectivity index (χ4n) is 3.63. The van der Waals surface area contributed by atoms with Crippen LogP contribution in [0.2, 0.25) is 0 Å². The molecule has 2 aliphatic heterocycles. The quantitative estimate of drug-likeness (QED) is 0.371. The van der Waals surface area contributed by atoms with E-state index in [0.717, 1.165) is 32.0 Å². The predicted octanol–water partition coefficient (Wildman–Crippen LogP) is 2.04. The zero-order valence-corrected chi connectivity index (χ0v) is 18.6. The second-order valence-electron chi connectivity index (χ2n) is 7.61. The summed E-state index contributed by atoms with van der Waals surface area (Å²) in [6.45, 7) is 11.4. The highest BCUT2D eigenvalue weighted by Gasteiger charge is 2.29. The van der Waals surface area contributed by atoms with Crippen LogP contribution < -0.4 is 10.6 Å². The largest absolute Gasteiger partial charge is 0.355 e. The molecule has 7 heteroatoms. The van der Waals surface area contributed by atoms with Gasteiger partial charge >= 0.3 is 0 Å². The van der Waals surface area contributed by atoms with Gasteiger partial charge in [-0.25, -0.2) is 0 Å². The Balaban J connectivity index is 0.00000312. The molecule has 25 heavy (non-hydrogen) atoms. The van der Waals surface area contributed by atoms with Crippen molar-refractivity contribution in [3.05, 3.63) is 0 Å². The third-order valence-corrected chi connectivity index (χ3v) is 5.31. The van der Waals surface area contributed by atoms with E-state index in [9.17, 15) is 4.79 Å². The van der Waals surface area contributed by atoms with Crippen LogP contribution in [0.15, 0.2) is 4.99 Å². The molecule has 0 aromatic carbocycles. The molecule has 146 valence electrons. The zero-order chi connectivity index (χ0) is 17.6. The van der Waals surface area contributed by atoms with Gasteiger partial charge < -0.3 is 15.5 Å². The van der Waals surface area contributed by atoms with E-state index in [1.807, 2.05) is 18.9 Å². The summed E-state index contributed by atoms with van der Waals surface area (Å²) in [5.74, 6) is 1.09. The van der Waals surface area contributed by atoms with Gasteiger partial charge in [0.05, 0.1) is 0 Å². The van der Waals surface area contributed by atoms with Crippen LogP contribution in [0.4, 0.5) is 0 Å². The maximum Gasteiger partial charge on any atom is 0.222 e. The molecule has 2 heterocycles. The van der Waals surface area contributed by atoms with Gasteiger partial charge in [0, 0.05) is 44.7 Å². The van der Waals surface area contributed by atoms with Crippen molar-refractivity contribution in [1.29, 1.82) is 0 Å². The summed E-state index contributed by atoms with van der Waals surface area (Å²) >= 11 is 0. The van der Waals surface area contributed by atoms with Crippen molar-refractivity contribution in [3.63, 3.8) is 0 Å². The Labute approximate surface area is 170 Å². The van der Waals surface area contributed by atoms with Crippen LogP contribution in [-0.2, 0) is 4.79 Å². The minimum Gasteiger partial charge on any atom is -0.355 e. The minimum atomic E-state index is 0. The molecule has 0 aliphatic carbocycles. The zero-order valence-electron chi connectivity index (χ0n) is 16.3. The van der Waals surface area contributed by atoms with Gasteiger partial charge in [0.1, 0.15) is 0 Å². The van der Waals surface area contributed by atoms with E-state index in [1.165, 1.54) is 32.4 Å². The number of halogens is 1. The number of rotatable bonds is 5. The van der Waals surface area contributed by atoms with E-state index < -0.39 is 0 Å². The van der Waals surface area contributed by atoms with Gasteiger partial charge in [-0.2, -0.15) is 0 Å². The second-order valence-corrected chi connectivity index (χ2v) is 7.61. The molecule has 0 spiro atoms. The lowest BCUT2D eigenvalue weighted by Gasteiger charge is -2.41. The summed E-state index contributed by atoms with van der Waals surface area (Å²) in [6.07, 6.45) is 5.54. The Morgan fingerprint density at radius 2 is 1.88 bits per heavy atom. The first-order valence-electron chi connectivity index (χ1n) is 9.46. The number of amides is 1. The van der Waals surface area contributed by atoms with Crippen molar-refractivity contribution in [2.75, 3.05) is 39.8 Å². The van der Waals surface area contributed by atoms with Crippen LogP contribution in [0, 0.1) is 0 Å². The molecule has 2 aliphatic rings. The molecule has 0 saturated carbocycles. The maximum absolute atomic E-state index is 11.8. The van der Waals surface area contributed by atoms with Gasteiger partial charge in [-0.3, -0.25) is 14.7 Å². The topological polar surface area (TPSA) is 60.0 Å². The van der Waals surface area contributed by atoms with Crippen molar-refractivity contribution < 1.29 is 4.79 Å². The van der Waals surface area contributed by atoms with E-state index in [2.05, 4.69) is 34.4 Å². The molecule has 2 saturated heterocycles. The lowest BCUT2D eigenvalue weighted by atomic mass is 9.98. The van der Waals surface area contributed by atoms with Crippen LogP contribution in [-0.4, -0.2) is 73.0 Å². The van der Waals surface area contributed by atoms with Gasteiger partial charge in [0.25, 0.3) is 0 Å². The summed E-state index contributed by atoms with van der Waals surface area (Å²) < 4.78 is 0. The van der Waals surface area contributed by atoms with Crippen molar-refractivity contribution in [2.45, 2.75) is 64.5 Å². The van der Waals surface area contributed by atoms with Crippen LogP contribution in [0.25, 0.3) is 0 Å². The predicted molar refractivity (Wildman–Crippen MR) is 115 cm³/mol. The molecule has 1 atom stereocenters. The van der Waals surface area contributed by atoms with Crippen LogP contribution in [0.1, 0.15) is 52.9 Å².